The van der Waals surface area contributed by atoms with Crippen LogP contribution in [0, 0.1) is 12.7 Å². The molecule has 2 aromatic carbocycles. The van der Waals surface area contributed by atoms with E-state index in [2.05, 4.69) is 4.98 Å². The molecule has 132 valence electrons. The first kappa shape index (κ1) is 17.8. The van der Waals surface area contributed by atoms with Crippen LogP contribution >= 0.6 is 11.6 Å². The highest BCUT2D eigenvalue weighted by molar-refractivity contribution is 6.33. The van der Waals surface area contributed by atoms with Crippen molar-refractivity contribution in [1.29, 1.82) is 0 Å². The molecular formula is C20H22ClFN2O. The van der Waals surface area contributed by atoms with Crippen molar-refractivity contribution in [3.05, 3.63) is 52.3 Å². The lowest BCUT2D eigenvalue weighted by molar-refractivity contribution is 0.415. The van der Waals surface area contributed by atoms with Crippen LogP contribution in [0.1, 0.15) is 24.0 Å². The molecule has 0 unspecified atom stereocenters. The van der Waals surface area contributed by atoms with Gasteiger partial charge in [-0.3, -0.25) is 0 Å². The lowest BCUT2D eigenvalue weighted by atomic mass is 9.99. The van der Waals surface area contributed by atoms with E-state index < -0.39 is 0 Å². The van der Waals surface area contributed by atoms with E-state index in [4.69, 9.17) is 22.1 Å². The van der Waals surface area contributed by atoms with E-state index in [0.29, 0.717) is 11.6 Å². The van der Waals surface area contributed by atoms with E-state index >= 15 is 0 Å². The number of halogens is 2. The third-order valence-corrected chi connectivity index (χ3v) is 4.82. The minimum atomic E-state index is -0.340. The summed E-state index contributed by atoms with van der Waals surface area (Å²) in [6, 6.07) is 8.54. The second-order valence-corrected chi connectivity index (χ2v) is 6.62. The second kappa shape index (κ2) is 7.46. The molecular weight excluding hydrogens is 339 g/mol. The first-order chi connectivity index (χ1) is 12.0. The fourth-order valence-electron chi connectivity index (χ4n) is 3.24. The van der Waals surface area contributed by atoms with Crippen molar-refractivity contribution >= 4 is 22.5 Å². The second-order valence-electron chi connectivity index (χ2n) is 6.22. The molecule has 25 heavy (non-hydrogen) atoms. The predicted molar refractivity (Wildman–Crippen MR) is 102 cm³/mol. The van der Waals surface area contributed by atoms with E-state index in [1.807, 2.05) is 19.1 Å². The summed E-state index contributed by atoms with van der Waals surface area (Å²) in [5.74, 6) is 0.480. The van der Waals surface area contributed by atoms with Crippen molar-refractivity contribution in [3.8, 4) is 17.0 Å². The predicted octanol–water partition coefficient (Wildman–Crippen LogP) is 5.23. The number of aromatic amines is 1. The SMILES string of the molecule is COc1cc(C)c2[nH]c(-c3ccc(F)cc3Cl)c(CCCCN)c2c1. The van der Waals surface area contributed by atoms with Crippen molar-refractivity contribution in [1.82, 2.24) is 4.98 Å². The molecule has 0 saturated heterocycles. The zero-order chi connectivity index (χ0) is 18.0. The average Bonchev–Trinajstić information content (AvgIpc) is 2.94. The van der Waals surface area contributed by atoms with Gasteiger partial charge in [0.25, 0.3) is 0 Å². The van der Waals surface area contributed by atoms with E-state index in [-0.39, 0.29) is 5.82 Å². The fourth-order valence-corrected chi connectivity index (χ4v) is 3.50. The van der Waals surface area contributed by atoms with Gasteiger partial charge in [0.2, 0.25) is 0 Å². The van der Waals surface area contributed by atoms with Crippen LogP contribution in [0.2, 0.25) is 5.02 Å². The Hall–Kier alpha value is -2.04. The third-order valence-electron chi connectivity index (χ3n) is 4.50. The molecule has 3 rings (SSSR count). The Balaban J connectivity index is 2.22. The lowest BCUT2D eigenvalue weighted by Gasteiger charge is -2.08. The van der Waals surface area contributed by atoms with Crippen molar-refractivity contribution in [2.45, 2.75) is 26.2 Å². The fraction of sp³-hybridized carbons (Fsp3) is 0.300. The zero-order valence-corrected chi connectivity index (χ0v) is 15.2. The van der Waals surface area contributed by atoms with Gasteiger partial charge in [-0.15, -0.1) is 0 Å². The summed E-state index contributed by atoms with van der Waals surface area (Å²) in [7, 11) is 1.67. The molecule has 0 aliphatic rings. The van der Waals surface area contributed by atoms with Crippen LogP contribution in [0.15, 0.2) is 30.3 Å². The monoisotopic (exact) mass is 360 g/mol. The number of unbranched alkanes of at least 4 members (excludes halogenated alkanes) is 1. The molecule has 0 atom stereocenters. The molecule has 3 nitrogen and oxygen atoms in total. The Morgan fingerprint density at radius 2 is 2.00 bits per heavy atom. The molecule has 0 aliphatic heterocycles. The number of nitrogens with one attached hydrogen (secondary N) is 1. The average molecular weight is 361 g/mol. The molecule has 1 heterocycles. The van der Waals surface area contributed by atoms with Crippen LogP contribution in [0.25, 0.3) is 22.2 Å². The van der Waals surface area contributed by atoms with Gasteiger partial charge in [0, 0.05) is 16.5 Å². The molecule has 0 saturated carbocycles. The number of methoxy groups -OCH3 is 1. The molecule has 0 fully saturated rings. The van der Waals surface area contributed by atoms with E-state index in [1.165, 1.54) is 17.7 Å². The van der Waals surface area contributed by atoms with Gasteiger partial charge in [-0.1, -0.05) is 11.6 Å². The summed E-state index contributed by atoms with van der Waals surface area (Å²) in [5.41, 5.74) is 10.7. The Morgan fingerprint density at radius 1 is 1.20 bits per heavy atom. The maximum atomic E-state index is 13.5. The molecule has 0 radical (unpaired) electrons. The minimum Gasteiger partial charge on any atom is -0.497 e. The molecule has 3 N–H and O–H groups in total. The van der Waals surface area contributed by atoms with Crippen LogP contribution in [0.4, 0.5) is 4.39 Å². The van der Waals surface area contributed by atoms with Gasteiger partial charge in [0.1, 0.15) is 11.6 Å². The normalized spacial score (nSPS) is 11.2. The summed E-state index contributed by atoms with van der Waals surface area (Å²) in [6.45, 7) is 2.71. The quantitative estimate of drug-likeness (QED) is 0.591. The highest BCUT2D eigenvalue weighted by atomic mass is 35.5. The number of fused-ring (bicyclic) bond motifs is 1. The molecule has 0 amide bonds. The van der Waals surface area contributed by atoms with Gasteiger partial charge in [-0.2, -0.15) is 0 Å². The number of H-pyrrole nitrogens is 1. The van der Waals surface area contributed by atoms with Gasteiger partial charge in [-0.25, -0.2) is 4.39 Å². The lowest BCUT2D eigenvalue weighted by Crippen LogP contribution is -1.99. The van der Waals surface area contributed by atoms with Crippen molar-refractivity contribution < 1.29 is 9.13 Å². The molecule has 0 bridgehead atoms. The maximum absolute atomic E-state index is 13.5. The van der Waals surface area contributed by atoms with E-state index in [0.717, 1.165) is 52.7 Å². The van der Waals surface area contributed by atoms with Gasteiger partial charge in [-0.05, 0) is 74.2 Å². The maximum Gasteiger partial charge on any atom is 0.124 e. The molecule has 1 aromatic heterocycles. The largest absolute Gasteiger partial charge is 0.497 e. The number of rotatable bonds is 6. The van der Waals surface area contributed by atoms with Gasteiger partial charge < -0.3 is 15.5 Å². The summed E-state index contributed by atoms with van der Waals surface area (Å²) in [6.07, 6.45) is 2.80. The summed E-state index contributed by atoms with van der Waals surface area (Å²) < 4.78 is 18.9. The van der Waals surface area contributed by atoms with Crippen LogP contribution in [-0.4, -0.2) is 18.6 Å². The Kier molecular flexibility index (Phi) is 5.30. The standard InChI is InChI=1S/C20H22ClFN2O/c1-12-9-14(25-2)11-17-15(5-3-4-8-23)20(24-19(12)17)16-7-6-13(22)10-18(16)21/h6-7,9-11,24H,3-5,8,23H2,1-2H3. The van der Waals surface area contributed by atoms with Crippen molar-refractivity contribution in [2.75, 3.05) is 13.7 Å². The zero-order valence-electron chi connectivity index (χ0n) is 14.5. The Labute approximate surface area is 151 Å². The highest BCUT2D eigenvalue weighted by Crippen LogP contribution is 2.38. The Bertz CT molecular complexity index is 904. The summed E-state index contributed by atoms with van der Waals surface area (Å²) >= 11 is 6.32. The first-order valence-corrected chi connectivity index (χ1v) is 8.77. The van der Waals surface area contributed by atoms with E-state index in [1.54, 1.807) is 13.2 Å². The van der Waals surface area contributed by atoms with Gasteiger partial charge >= 0.3 is 0 Å². The molecule has 3 aromatic rings. The van der Waals surface area contributed by atoms with Crippen molar-refractivity contribution in [3.63, 3.8) is 0 Å². The number of nitrogens with two attached hydrogens (primary N) is 1. The number of hydrogen-bond donors (Lipinski definition) is 2. The summed E-state index contributed by atoms with van der Waals surface area (Å²) in [4.78, 5) is 3.49. The molecule has 5 heteroatoms. The summed E-state index contributed by atoms with van der Waals surface area (Å²) in [5, 5.41) is 1.51. The van der Waals surface area contributed by atoms with Crippen LogP contribution in [-0.2, 0) is 6.42 Å². The molecule has 0 aliphatic carbocycles. The number of benzene rings is 2. The van der Waals surface area contributed by atoms with E-state index in [9.17, 15) is 4.39 Å². The number of aromatic nitrogens is 1. The minimum absolute atomic E-state index is 0.340. The Morgan fingerprint density at radius 3 is 2.68 bits per heavy atom. The highest BCUT2D eigenvalue weighted by Gasteiger charge is 2.17. The smallest absolute Gasteiger partial charge is 0.124 e. The molecule has 0 spiro atoms. The number of hydrogen-bond acceptors (Lipinski definition) is 2. The topological polar surface area (TPSA) is 51.0 Å². The van der Waals surface area contributed by atoms with Crippen molar-refractivity contribution in [2.24, 2.45) is 5.73 Å². The van der Waals surface area contributed by atoms with Crippen LogP contribution in [0.3, 0.4) is 0 Å². The number of aryl methyl sites for hydroxylation is 2. The third kappa shape index (κ3) is 3.51. The van der Waals surface area contributed by atoms with Gasteiger partial charge in [0.15, 0.2) is 0 Å². The van der Waals surface area contributed by atoms with Gasteiger partial charge in [0.05, 0.1) is 17.8 Å². The first-order valence-electron chi connectivity index (χ1n) is 8.39. The van der Waals surface area contributed by atoms with Crippen LogP contribution in [0.5, 0.6) is 5.75 Å². The van der Waals surface area contributed by atoms with Crippen LogP contribution < -0.4 is 10.5 Å². The number of ether oxygens (including phenoxy) is 1.